The molecule has 114 valence electrons. The molecule has 20 heavy (non-hydrogen) atoms. The Hall–Kier alpha value is -1.30. The van der Waals surface area contributed by atoms with Crippen LogP contribution in [-0.4, -0.2) is 78.1 Å². The fourth-order valence-electron chi connectivity index (χ4n) is 2.99. The molecule has 1 atom stereocenters. The minimum atomic E-state index is -0.790. The Bertz CT molecular complexity index is 356. The molecule has 6 heteroatoms. The van der Waals surface area contributed by atoms with Crippen molar-refractivity contribution in [1.29, 1.82) is 0 Å². The number of likely N-dealkylation sites (tertiary alicyclic amines) is 2. The van der Waals surface area contributed by atoms with Gasteiger partial charge < -0.3 is 19.8 Å². The third kappa shape index (κ3) is 3.85. The van der Waals surface area contributed by atoms with Crippen molar-refractivity contribution in [2.75, 3.05) is 46.3 Å². The number of nitrogens with zero attached hydrogens (tertiary/aromatic N) is 3. The number of piperidine rings is 1. The number of amides is 2. The largest absolute Gasteiger partial charge is 0.481 e. The first-order valence-electron chi connectivity index (χ1n) is 7.53. The van der Waals surface area contributed by atoms with Gasteiger partial charge in [-0.1, -0.05) is 0 Å². The molecule has 0 aromatic carbocycles. The van der Waals surface area contributed by atoms with E-state index in [9.17, 15) is 9.59 Å². The van der Waals surface area contributed by atoms with E-state index in [0.29, 0.717) is 26.1 Å². The van der Waals surface area contributed by atoms with Crippen LogP contribution in [0.15, 0.2) is 0 Å². The van der Waals surface area contributed by atoms with Crippen LogP contribution in [0.3, 0.4) is 0 Å². The lowest BCUT2D eigenvalue weighted by Gasteiger charge is -2.34. The first-order valence-corrected chi connectivity index (χ1v) is 7.53. The molecule has 0 spiro atoms. The molecule has 6 nitrogen and oxygen atoms in total. The van der Waals surface area contributed by atoms with E-state index in [2.05, 4.69) is 4.90 Å². The number of carboxylic acid groups (broad SMARTS) is 1. The Morgan fingerprint density at radius 1 is 1.20 bits per heavy atom. The Kier molecular flexibility index (Phi) is 5.23. The summed E-state index contributed by atoms with van der Waals surface area (Å²) < 4.78 is 0. The van der Waals surface area contributed by atoms with Crippen LogP contribution in [-0.2, 0) is 4.79 Å². The first kappa shape index (κ1) is 15.1. The highest BCUT2D eigenvalue weighted by Crippen LogP contribution is 2.17. The molecular formula is C14H25N3O3. The number of carboxylic acids is 1. The van der Waals surface area contributed by atoms with Crippen LogP contribution in [0.4, 0.5) is 4.79 Å². The first-order chi connectivity index (χ1) is 9.58. The molecule has 1 N–H and O–H groups in total. The molecule has 0 aromatic rings. The van der Waals surface area contributed by atoms with Crippen molar-refractivity contribution in [3.63, 3.8) is 0 Å². The zero-order valence-electron chi connectivity index (χ0n) is 12.3. The summed E-state index contributed by atoms with van der Waals surface area (Å²) in [6, 6.07) is -0.0323. The quantitative estimate of drug-likeness (QED) is 0.833. The van der Waals surface area contributed by atoms with Gasteiger partial charge in [0, 0.05) is 33.2 Å². The number of rotatable bonds is 4. The zero-order valence-corrected chi connectivity index (χ0v) is 12.3. The molecule has 2 heterocycles. The second-order valence-electron chi connectivity index (χ2n) is 5.88. The van der Waals surface area contributed by atoms with Gasteiger partial charge in [0.25, 0.3) is 0 Å². The molecule has 0 bridgehead atoms. The van der Waals surface area contributed by atoms with Gasteiger partial charge in [-0.2, -0.15) is 0 Å². The van der Waals surface area contributed by atoms with Gasteiger partial charge in [-0.15, -0.1) is 0 Å². The predicted molar refractivity (Wildman–Crippen MR) is 75.6 cm³/mol. The van der Waals surface area contributed by atoms with Gasteiger partial charge >= 0.3 is 12.0 Å². The summed E-state index contributed by atoms with van der Waals surface area (Å²) >= 11 is 0. The molecule has 2 amide bonds. The summed E-state index contributed by atoms with van der Waals surface area (Å²) in [6.45, 7) is 4.92. The molecule has 0 radical (unpaired) electrons. The molecule has 2 fully saturated rings. The normalized spacial score (nSPS) is 23.9. The van der Waals surface area contributed by atoms with Crippen molar-refractivity contribution < 1.29 is 14.7 Å². The third-order valence-electron chi connectivity index (χ3n) is 4.32. The van der Waals surface area contributed by atoms with Gasteiger partial charge in [0.2, 0.25) is 0 Å². The monoisotopic (exact) mass is 283 g/mol. The molecule has 0 aromatic heterocycles. The minimum absolute atomic E-state index is 0.0323. The minimum Gasteiger partial charge on any atom is -0.481 e. The maximum absolute atomic E-state index is 12.3. The Labute approximate surface area is 120 Å². The lowest BCUT2D eigenvalue weighted by Crippen LogP contribution is -2.48. The van der Waals surface area contributed by atoms with Crippen molar-refractivity contribution in [2.45, 2.75) is 25.7 Å². The van der Waals surface area contributed by atoms with Gasteiger partial charge in [-0.3, -0.25) is 4.79 Å². The average molecular weight is 283 g/mol. The van der Waals surface area contributed by atoms with Gasteiger partial charge in [0.15, 0.2) is 0 Å². The highest BCUT2D eigenvalue weighted by atomic mass is 16.4. The number of hydrogen-bond acceptors (Lipinski definition) is 3. The number of aliphatic carboxylic acids is 1. The second-order valence-corrected chi connectivity index (χ2v) is 5.88. The molecule has 2 aliphatic heterocycles. The van der Waals surface area contributed by atoms with Crippen LogP contribution in [0.2, 0.25) is 0 Å². The number of carbonyl (C=O) groups is 2. The average Bonchev–Trinajstić information content (AvgIpc) is 2.97. The van der Waals surface area contributed by atoms with E-state index in [4.69, 9.17) is 5.11 Å². The second kappa shape index (κ2) is 6.92. The van der Waals surface area contributed by atoms with Gasteiger partial charge in [-0.25, -0.2) is 4.79 Å². The Morgan fingerprint density at radius 2 is 1.90 bits per heavy atom. The van der Waals surface area contributed by atoms with Gasteiger partial charge in [-0.05, 0) is 38.8 Å². The van der Waals surface area contributed by atoms with Crippen molar-refractivity contribution in [1.82, 2.24) is 14.7 Å². The van der Waals surface area contributed by atoms with E-state index in [0.717, 1.165) is 26.1 Å². The molecule has 2 aliphatic rings. The summed E-state index contributed by atoms with van der Waals surface area (Å²) in [5, 5.41) is 9.07. The lowest BCUT2D eigenvalue weighted by atomic mass is 9.99. The van der Waals surface area contributed by atoms with Crippen LogP contribution in [0.25, 0.3) is 0 Å². The summed E-state index contributed by atoms with van der Waals surface area (Å²) in [5.74, 6) is -1.19. The fraction of sp³-hybridized carbons (Fsp3) is 0.857. The fourth-order valence-corrected chi connectivity index (χ4v) is 2.99. The van der Waals surface area contributed by atoms with Crippen LogP contribution in [0.5, 0.6) is 0 Å². The van der Waals surface area contributed by atoms with E-state index in [-0.39, 0.29) is 6.03 Å². The van der Waals surface area contributed by atoms with E-state index in [1.807, 2.05) is 7.05 Å². The van der Waals surface area contributed by atoms with Crippen molar-refractivity contribution >= 4 is 12.0 Å². The summed E-state index contributed by atoms with van der Waals surface area (Å²) in [4.78, 5) is 29.1. The summed E-state index contributed by atoms with van der Waals surface area (Å²) in [5.41, 5.74) is 0. The van der Waals surface area contributed by atoms with Crippen LogP contribution < -0.4 is 0 Å². The summed E-state index contributed by atoms with van der Waals surface area (Å²) in [6.07, 6.45) is 3.97. The smallest absolute Gasteiger partial charge is 0.319 e. The molecule has 2 rings (SSSR count). The molecular weight excluding hydrogens is 258 g/mol. The standard InChI is InChI=1S/C14H25N3O3/c1-15(9-10-16-6-2-3-7-16)14(20)17-8-4-5-12(11-17)13(18)19/h12H,2-11H2,1H3,(H,18,19)/t12-/m0/s1. The lowest BCUT2D eigenvalue weighted by molar-refractivity contribution is -0.143. The topological polar surface area (TPSA) is 64.1 Å². The van der Waals surface area contributed by atoms with Crippen LogP contribution in [0, 0.1) is 5.92 Å². The summed E-state index contributed by atoms with van der Waals surface area (Å²) in [7, 11) is 1.81. The Morgan fingerprint density at radius 3 is 2.55 bits per heavy atom. The van der Waals surface area contributed by atoms with Gasteiger partial charge in [0.1, 0.15) is 0 Å². The number of urea groups is 1. The molecule has 0 aliphatic carbocycles. The van der Waals surface area contributed by atoms with Crippen molar-refractivity contribution in [2.24, 2.45) is 5.92 Å². The SMILES string of the molecule is CN(CCN1CCCC1)C(=O)N1CCC[C@H](C(=O)O)C1. The molecule has 0 unspecified atom stereocenters. The maximum Gasteiger partial charge on any atom is 0.319 e. The predicted octanol–water partition coefficient (Wildman–Crippen LogP) is 0.931. The number of carbonyl (C=O) groups excluding carboxylic acids is 1. The molecule has 2 saturated heterocycles. The van der Waals surface area contributed by atoms with Crippen molar-refractivity contribution in [3.05, 3.63) is 0 Å². The van der Waals surface area contributed by atoms with Crippen LogP contribution in [0.1, 0.15) is 25.7 Å². The van der Waals surface area contributed by atoms with E-state index in [1.54, 1.807) is 9.80 Å². The van der Waals surface area contributed by atoms with E-state index >= 15 is 0 Å². The Balaban J connectivity index is 1.78. The third-order valence-corrected chi connectivity index (χ3v) is 4.32. The highest BCUT2D eigenvalue weighted by molar-refractivity contribution is 5.76. The van der Waals surface area contributed by atoms with Crippen LogP contribution >= 0.6 is 0 Å². The maximum atomic E-state index is 12.3. The van der Waals surface area contributed by atoms with E-state index < -0.39 is 11.9 Å². The number of likely N-dealkylation sites (N-methyl/N-ethyl adjacent to an activating group) is 1. The number of hydrogen-bond donors (Lipinski definition) is 1. The van der Waals surface area contributed by atoms with Crippen molar-refractivity contribution in [3.8, 4) is 0 Å². The zero-order chi connectivity index (χ0) is 14.5. The van der Waals surface area contributed by atoms with E-state index in [1.165, 1.54) is 12.8 Å². The van der Waals surface area contributed by atoms with Gasteiger partial charge in [0.05, 0.1) is 5.92 Å². The highest BCUT2D eigenvalue weighted by Gasteiger charge is 2.29. The molecule has 0 saturated carbocycles.